The number of guanidine groups is 1. The Morgan fingerprint density at radius 2 is 2.09 bits per heavy atom. The zero-order valence-electron chi connectivity index (χ0n) is 18.6. The Kier molecular flexibility index (Phi) is 7.34. The van der Waals surface area contributed by atoms with Gasteiger partial charge in [0.25, 0.3) is 0 Å². The highest BCUT2D eigenvalue weighted by molar-refractivity contribution is 5.79. The van der Waals surface area contributed by atoms with Crippen molar-refractivity contribution in [1.82, 2.24) is 20.6 Å². The Labute approximate surface area is 188 Å². The number of anilines is 1. The molecule has 8 nitrogen and oxygen atoms in total. The van der Waals surface area contributed by atoms with E-state index < -0.39 is 0 Å². The number of oxazole rings is 1. The standard InChI is InChI=1S/C24H30N6O2/c1-3-25-24(28-15-21-17-32-23(29-21)20-7-5-4-6-8-20)27-14-19-9-10-26-22(13-19)30-11-12-31-18(2)16-30/h4-10,13,17-18H,3,11-12,14-16H2,1-2H3,(H2,25,27,28). The first-order chi connectivity index (χ1) is 15.7. The number of nitrogens with one attached hydrogen (secondary N) is 2. The molecule has 3 heterocycles. The van der Waals surface area contributed by atoms with Crippen LogP contribution in [0.2, 0.25) is 0 Å². The van der Waals surface area contributed by atoms with Crippen molar-refractivity contribution in [1.29, 1.82) is 0 Å². The lowest BCUT2D eigenvalue weighted by atomic mass is 10.2. The van der Waals surface area contributed by atoms with Gasteiger partial charge in [-0.25, -0.2) is 15.0 Å². The summed E-state index contributed by atoms with van der Waals surface area (Å²) in [5, 5.41) is 6.61. The molecule has 168 valence electrons. The molecule has 0 spiro atoms. The summed E-state index contributed by atoms with van der Waals surface area (Å²) in [7, 11) is 0. The predicted octanol–water partition coefficient (Wildman–Crippen LogP) is 3.22. The summed E-state index contributed by atoms with van der Waals surface area (Å²) in [5.74, 6) is 2.32. The Morgan fingerprint density at radius 1 is 1.22 bits per heavy atom. The molecule has 8 heteroatoms. The van der Waals surface area contributed by atoms with Crippen LogP contribution in [0.25, 0.3) is 11.5 Å². The molecule has 1 unspecified atom stereocenters. The third kappa shape index (κ3) is 5.85. The van der Waals surface area contributed by atoms with Crippen molar-refractivity contribution < 1.29 is 9.15 Å². The average molecular weight is 435 g/mol. The number of benzene rings is 1. The summed E-state index contributed by atoms with van der Waals surface area (Å²) in [4.78, 5) is 16.1. The minimum Gasteiger partial charge on any atom is -0.444 e. The van der Waals surface area contributed by atoms with Crippen molar-refractivity contribution in [2.45, 2.75) is 33.0 Å². The van der Waals surface area contributed by atoms with Gasteiger partial charge in [-0.1, -0.05) is 18.2 Å². The molecule has 0 amide bonds. The maximum absolute atomic E-state index is 5.64. The van der Waals surface area contributed by atoms with Gasteiger partial charge in [-0.3, -0.25) is 0 Å². The van der Waals surface area contributed by atoms with Crippen LogP contribution >= 0.6 is 0 Å². The van der Waals surface area contributed by atoms with Gasteiger partial charge in [0.05, 0.1) is 31.5 Å². The van der Waals surface area contributed by atoms with Gasteiger partial charge in [0, 0.05) is 31.4 Å². The van der Waals surface area contributed by atoms with Crippen LogP contribution in [0, 0.1) is 0 Å². The Hall–Kier alpha value is -3.39. The second-order valence-electron chi connectivity index (χ2n) is 7.71. The van der Waals surface area contributed by atoms with E-state index in [0.29, 0.717) is 19.0 Å². The lowest BCUT2D eigenvalue weighted by molar-refractivity contribution is 0.0529. The lowest BCUT2D eigenvalue weighted by Gasteiger charge is -2.32. The van der Waals surface area contributed by atoms with Crippen molar-refractivity contribution in [3.8, 4) is 11.5 Å². The van der Waals surface area contributed by atoms with Crippen molar-refractivity contribution in [2.24, 2.45) is 4.99 Å². The van der Waals surface area contributed by atoms with Crippen LogP contribution in [-0.4, -0.2) is 48.3 Å². The Balaban J connectivity index is 1.37. The van der Waals surface area contributed by atoms with Crippen molar-refractivity contribution in [3.63, 3.8) is 0 Å². The highest BCUT2D eigenvalue weighted by atomic mass is 16.5. The van der Waals surface area contributed by atoms with Crippen LogP contribution in [0.3, 0.4) is 0 Å². The molecule has 1 aromatic carbocycles. The second kappa shape index (κ2) is 10.8. The topological polar surface area (TPSA) is 87.8 Å². The monoisotopic (exact) mass is 434 g/mol. The third-order valence-corrected chi connectivity index (χ3v) is 5.15. The molecule has 1 aliphatic rings. The number of hydrogen-bond acceptors (Lipinski definition) is 6. The van der Waals surface area contributed by atoms with E-state index in [0.717, 1.165) is 54.8 Å². The van der Waals surface area contributed by atoms with Crippen LogP contribution in [0.4, 0.5) is 5.82 Å². The fourth-order valence-electron chi connectivity index (χ4n) is 3.55. The van der Waals surface area contributed by atoms with Gasteiger partial charge in [-0.15, -0.1) is 0 Å². The maximum Gasteiger partial charge on any atom is 0.226 e. The number of aromatic nitrogens is 2. The molecule has 3 aromatic rings. The van der Waals surface area contributed by atoms with Crippen LogP contribution in [-0.2, 0) is 17.8 Å². The first kappa shape index (κ1) is 21.8. The molecule has 1 saturated heterocycles. The predicted molar refractivity (Wildman–Crippen MR) is 125 cm³/mol. The van der Waals surface area contributed by atoms with Crippen molar-refractivity contribution >= 4 is 11.8 Å². The summed E-state index contributed by atoms with van der Waals surface area (Å²) in [5.41, 5.74) is 2.89. The highest BCUT2D eigenvalue weighted by Crippen LogP contribution is 2.18. The molecule has 0 aliphatic carbocycles. The molecule has 1 atom stereocenters. The number of nitrogens with zero attached hydrogens (tertiary/aromatic N) is 4. The van der Waals surface area contributed by atoms with E-state index in [4.69, 9.17) is 14.1 Å². The molecule has 0 radical (unpaired) electrons. The van der Waals surface area contributed by atoms with Crippen LogP contribution < -0.4 is 15.5 Å². The number of rotatable bonds is 7. The summed E-state index contributed by atoms with van der Waals surface area (Å²) in [6.07, 6.45) is 3.74. The normalized spacial score (nSPS) is 16.8. The molecular weight excluding hydrogens is 404 g/mol. The van der Waals surface area contributed by atoms with Gasteiger partial charge in [-0.05, 0) is 43.7 Å². The van der Waals surface area contributed by atoms with Gasteiger partial charge in [0.15, 0.2) is 5.96 Å². The van der Waals surface area contributed by atoms with Gasteiger partial charge < -0.3 is 24.7 Å². The first-order valence-corrected chi connectivity index (χ1v) is 11.0. The quantitative estimate of drug-likeness (QED) is 0.436. The Morgan fingerprint density at radius 3 is 2.91 bits per heavy atom. The second-order valence-corrected chi connectivity index (χ2v) is 7.71. The van der Waals surface area contributed by atoms with E-state index in [9.17, 15) is 0 Å². The van der Waals surface area contributed by atoms with E-state index in [1.165, 1.54) is 0 Å². The van der Waals surface area contributed by atoms with Crippen molar-refractivity contribution in [2.75, 3.05) is 31.1 Å². The third-order valence-electron chi connectivity index (χ3n) is 5.15. The van der Waals surface area contributed by atoms with Gasteiger partial charge >= 0.3 is 0 Å². The molecule has 0 bridgehead atoms. The summed E-state index contributed by atoms with van der Waals surface area (Å²) in [6.45, 7) is 8.43. The minimum absolute atomic E-state index is 0.218. The first-order valence-electron chi connectivity index (χ1n) is 11.0. The Bertz CT molecular complexity index is 1020. The molecule has 32 heavy (non-hydrogen) atoms. The molecule has 2 aromatic heterocycles. The van der Waals surface area contributed by atoms with E-state index in [-0.39, 0.29) is 6.10 Å². The number of aliphatic imine (C=N–C) groups is 1. The zero-order valence-corrected chi connectivity index (χ0v) is 18.6. The van der Waals surface area contributed by atoms with E-state index >= 15 is 0 Å². The van der Waals surface area contributed by atoms with Gasteiger partial charge in [0.1, 0.15) is 12.1 Å². The van der Waals surface area contributed by atoms with Crippen LogP contribution in [0.1, 0.15) is 25.1 Å². The zero-order chi connectivity index (χ0) is 22.2. The van der Waals surface area contributed by atoms with Gasteiger partial charge in [-0.2, -0.15) is 0 Å². The number of ether oxygens (including phenoxy) is 1. The number of morpholine rings is 1. The van der Waals surface area contributed by atoms with Crippen LogP contribution in [0.15, 0.2) is 64.3 Å². The number of pyridine rings is 1. The fourth-order valence-corrected chi connectivity index (χ4v) is 3.55. The minimum atomic E-state index is 0.218. The van der Waals surface area contributed by atoms with E-state index in [1.807, 2.05) is 49.5 Å². The summed E-state index contributed by atoms with van der Waals surface area (Å²) < 4.78 is 11.3. The smallest absolute Gasteiger partial charge is 0.226 e. The largest absolute Gasteiger partial charge is 0.444 e. The average Bonchev–Trinajstić information content (AvgIpc) is 3.31. The fraction of sp³-hybridized carbons (Fsp3) is 0.375. The molecular formula is C24H30N6O2. The lowest BCUT2D eigenvalue weighted by Crippen LogP contribution is -2.41. The SMILES string of the molecule is CCNC(=NCc1ccnc(N2CCOC(C)C2)c1)NCc1coc(-c2ccccc2)n1. The highest BCUT2D eigenvalue weighted by Gasteiger charge is 2.18. The summed E-state index contributed by atoms with van der Waals surface area (Å²) in [6, 6.07) is 14.0. The van der Waals surface area contributed by atoms with E-state index in [2.05, 4.69) is 38.5 Å². The van der Waals surface area contributed by atoms with Gasteiger partial charge in [0.2, 0.25) is 5.89 Å². The van der Waals surface area contributed by atoms with Crippen LogP contribution in [0.5, 0.6) is 0 Å². The summed E-state index contributed by atoms with van der Waals surface area (Å²) >= 11 is 0. The molecule has 2 N–H and O–H groups in total. The molecule has 1 aliphatic heterocycles. The molecule has 4 rings (SSSR count). The maximum atomic E-state index is 5.64. The number of hydrogen-bond donors (Lipinski definition) is 2. The molecule has 1 fully saturated rings. The van der Waals surface area contributed by atoms with E-state index in [1.54, 1.807) is 6.26 Å². The molecule has 0 saturated carbocycles. The van der Waals surface area contributed by atoms with Crippen molar-refractivity contribution in [3.05, 3.63) is 66.2 Å².